The van der Waals surface area contributed by atoms with Crippen molar-refractivity contribution >= 4 is 5.97 Å². The van der Waals surface area contributed by atoms with Gasteiger partial charge >= 0.3 is 5.97 Å². The fraction of sp³-hybridized carbons (Fsp3) is 0.345. The van der Waals surface area contributed by atoms with Gasteiger partial charge in [0.25, 0.3) is 0 Å². The molecule has 0 aliphatic carbocycles. The number of ether oxygens (including phenoxy) is 5. The van der Waals surface area contributed by atoms with Crippen LogP contribution in [0.3, 0.4) is 0 Å². The number of carbonyl (C=O) groups is 1. The lowest BCUT2D eigenvalue weighted by Crippen LogP contribution is -2.53. The summed E-state index contributed by atoms with van der Waals surface area (Å²) in [6.07, 6.45) is -4.02. The normalized spacial score (nSPS) is 24.5. The Morgan fingerprint density at radius 1 is 0.829 bits per heavy atom. The highest BCUT2D eigenvalue weighted by Gasteiger charge is 2.42. The van der Waals surface area contributed by atoms with Crippen molar-refractivity contribution in [3.63, 3.8) is 0 Å². The largest absolute Gasteiger partial charge is 0.436 e. The van der Waals surface area contributed by atoms with Crippen LogP contribution in [0.5, 0.6) is 0 Å². The Balaban J connectivity index is 1.52. The van der Waals surface area contributed by atoms with E-state index in [1.165, 1.54) is 6.92 Å². The van der Waals surface area contributed by atoms with E-state index in [1.807, 2.05) is 91.0 Å². The SMILES string of the molecule is [2H][C@H]1[C@H](OC(C)=O)O[C@H](COCc2ccccc2)[C@@H](OCc2ccccc2)[C@@H]1OCc1ccccc1. The van der Waals surface area contributed by atoms with Crippen LogP contribution >= 0.6 is 0 Å². The summed E-state index contributed by atoms with van der Waals surface area (Å²) in [4.78, 5) is 11.8. The van der Waals surface area contributed by atoms with Crippen molar-refractivity contribution in [2.24, 2.45) is 0 Å². The second-order valence-electron chi connectivity index (χ2n) is 8.37. The molecule has 6 heteroatoms. The lowest BCUT2D eigenvalue weighted by atomic mass is 10.0. The predicted octanol–water partition coefficient (Wildman–Crippen LogP) is 5.05. The number of carbonyl (C=O) groups excluding carboxylic acids is 1. The zero-order valence-electron chi connectivity index (χ0n) is 20.8. The maximum absolute atomic E-state index is 11.8. The Morgan fingerprint density at radius 2 is 1.34 bits per heavy atom. The number of rotatable bonds is 11. The van der Waals surface area contributed by atoms with Crippen LogP contribution in [0.1, 0.15) is 31.4 Å². The van der Waals surface area contributed by atoms with Crippen molar-refractivity contribution in [3.05, 3.63) is 108 Å². The van der Waals surface area contributed by atoms with Gasteiger partial charge in [0.2, 0.25) is 6.29 Å². The molecule has 0 N–H and O–H groups in total. The summed E-state index contributed by atoms with van der Waals surface area (Å²) in [6.45, 7) is 2.49. The molecular formula is C29H32O6. The van der Waals surface area contributed by atoms with E-state index in [1.54, 1.807) is 0 Å². The van der Waals surface area contributed by atoms with Gasteiger partial charge in [-0.15, -0.1) is 0 Å². The Morgan fingerprint density at radius 3 is 1.89 bits per heavy atom. The van der Waals surface area contributed by atoms with E-state index in [9.17, 15) is 4.79 Å². The third-order valence-corrected chi connectivity index (χ3v) is 5.59. The van der Waals surface area contributed by atoms with Gasteiger partial charge < -0.3 is 23.7 Å². The maximum Gasteiger partial charge on any atom is 0.304 e. The molecule has 1 aliphatic rings. The van der Waals surface area contributed by atoms with Crippen molar-refractivity contribution in [1.82, 2.24) is 0 Å². The molecule has 0 bridgehead atoms. The number of benzene rings is 3. The first kappa shape index (κ1) is 23.7. The lowest BCUT2D eigenvalue weighted by Gasteiger charge is -2.40. The highest BCUT2D eigenvalue weighted by molar-refractivity contribution is 5.66. The monoisotopic (exact) mass is 477 g/mol. The minimum atomic E-state index is -1.09. The van der Waals surface area contributed by atoms with Crippen LogP contribution in [0.25, 0.3) is 0 Å². The van der Waals surface area contributed by atoms with E-state index in [2.05, 4.69) is 0 Å². The third-order valence-electron chi connectivity index (χ3n) is 5.59. The molecule has 0 amide bonds. The summed E-state index contributed by atoms with van der Waals surface area (Å²) >= 11 is 0. The summed E-state index contributed by atoms with van der Waals surface area (Å²) in [6, 6.07) is 29.4. The molecule has 0 aromatic heterocycles. The maximum atomic E-state index is 11.8. The smallest absolute Gasteiger partial charge is 0.304 e. The lowest BCUT2D eigenvalue weighted by molar-refractivity contribution is -0.271. The summed E-state index contributed by atoms with van der Waals surface area (Å²) in [7, 11) is 0. The van der Waals surface area contributed by atoms with Gasteiger partial charge in [0.05, 0.1) is 32.5 Å². The summed E-state index contributed by atoms with van der Waals surface area (Å²) < 4.78 is 38.8. The molecule has 0 radical (unpaired) electrons. The van der Waals surface area contributed by atoms with E-state index >= 15 is 0 Å². The van der Waals surface area contributed by atoms with Crippen LogP contribution in [0, 0.1) is 0 Å². The molecule has 1 fully saturated rings. The van der Waals surface area contributed by atoms with Crippen LogP contribution in [-0.4, -0.2) is 37.2 Å². The van der Waals surface area contributed by atoms with Crippen LogP contribution in [0.15, 0.2) is 91.0 Å². The minimum absolute atomic E-state index is 0.185. The molecule has 6 nitrogen and oxygen atoms in total. The first-order valence-corrected chi connectivity index (χ1v) is 11.8. The molecule has 3 aromatic carbocycles. The zero-order valence-corrected chi connectivity index (χ0v) is 19.8. The minimum Gasteiger partial charge on any atom is -0.436 e. The Hall–Kier alpha value is -3.03. The molecule has 1 aliphatic heterocycles. The molecule has 1 saturated heterocycles. The van der Waals surface area contributed by atoms with Gasteiger partial charge in [-0.05, 0) is 16.7 Å². The number of esters is 1. The molecule has 5 atom stereocenters. The Bertz CT molecular complexity index is 1050. The molecule has 184 valence electrons. The first-order chi connectivity index (χ1) is 17.6. The third kappa shape index (κ3) is 8.01. The van der Waals surface area contributed by atoms with Crippen LogP contribution in [0.4, 0.5) is 0 Å². The second kappa shape index (κ2) is 13.2. The molecular weight excluding hydrogens is 444 g/mol. The summed E-state index contributed by atoms with van der Waals surface area (Å²) in [5, 5.41) is 0. The Labute approximate surface area is 208 Å². The molecule has 0 spiro atoms. The van der Waals surface area contributed by atoms with Crippen molar-refractivity contribution in [3.8, 4) is 0 Å². The standard InChI is InChI=1S/C29H32O6/c1-22(30)34-28-17-26(32-19-24-13-7-3-8-14-24)29(33-20-25-15-9-4-10-16-25)27(35-28)21-31-18-23-11-5-2-6-12-23/h2-16,26-29H,17-21H2,1H3/t26-,27-,28-,29+/m1/s1/i17D/t17-,26-,27-,28-,29+. The highest BCUT2D eigenvalue weighted by atomic mass is 16.7. The van der Waals surface area contributed by atoms with Gasteiger partial charge in [0.1, 0.15) is 12.2 Å². The van der Waals surface area contributed by atoms with Crippen LogP contribution in [-0.2, 0) is 48.3 Å². The number of hydrogen-bond donors (Lipinski definition) is 0. The van der Waals surface area contributed by atoms with Crippen molar-refractivity contribution in [2.75, 3.05) is 6.61 Å². The van der Waals surface area contributed by atoms with Gasteiger partial charge in [-0.25, -0.2) is 0 Å². The predicted molar refractivity (Wildman–Crippen MR) is 131 cm³/mol. The van der Waals surface area contributed by atoms with E-state index in [0.29, 0.717) is 13.2 Å². The van der Waals surface area contributed by atoms with Gasteiger partial charge in [0, 0.05) is 14.7 Å². The molecule has 0 saturated carbocycles. The first-order valence-electron chi connectivity index (χ1n) is 12.4. The van der Waals surface area contributed by atoms with E-state index in [-0.39, 0.29) is 13.2 Å². The summed E-state index contributed by atoms with van der Waals surface area (Å²) in [5.74, 6) is -0.522. The van der Waals surface area contributed by atoms with Crippen LogP contribution in [0.2, 0.25) is 0 Å². The second-order valence-corrected chi connectivity index (χ2v) is 8.37. The van der Waals surface area contributed by atoms with Gasteiger partial charge in [0.15, 0.2) is 0 Å². The van der Waals surface area contributed by atoms with E-state index < -0.39 is 37.0 Å². The topological polar surface area (TPSA) is 63.2 Å². The zero-order chi connectivity index (χ0) is 25.2. The molecule has 0 unspecified atom stereocenters. The van der Waals surface area contributed by atoms with Gasteiger partial charge in [-0.3, -0.25) is 4.79 Å². The van der Waals surface area contributed by atoms with E-state index in [0.717, 1.165) is 16.7 Å². The molecule has 3 aromatic rings. The summed E-state index contributed by atoms with van der Waals surface area (Å²) in [5.41, 5.74) is 2.99. The van der Waals surface area contributed by atoms with Crippen molar-refractivity contribution in [1.29, 1.82) is 0 Å². The van der Waals surface area contributed by atoms with Crippen molar-refractivity contribution < 1.29 is 29.8 Å². The van der Waals surface area contributed by atoms with Gasteiger partial charge in [-0.1, -0.05) is 91.0 Å². The van der Waals surface area contributed by atoms with Crippen LogP contribution < -0.4 is 0 Å². The molecule has 4 rings (SSSR count). The number of hydrogen-bond acceptors (Lipinski definition) is 6. The Kier molecular flexibility index (Phi) is 8.91. The fourth-order valence-corrected chi connectivity index (χ4v) is 3.89. The highest BCUT2D eigenvalue weighted by Crippen LogP contribution is 2.28. The fourth-order valence-electron chi connectivity index (χ4n) is 3.89. The van der Waals surface area contributed by atoms with Crippen molar-refractivity contribution in [2.45, 2.75) is 57.7 Å². The van der Waals surface area contributed by atoms with E-state index in [4.69, 9.17) is 25.1 Å². The quantitative estimate of drug-likeness (QED) is 0.360. The molecule has 35 heavy (non-hydrogen) atoms. The van der Waals surface area contributed by atoms with Gasteiger partial charge in [-0.2, -0.15) is 0 Å². The molecule has 1 heterocycles. The average molecular weight is 478 g/mol. The average Bonchev–Trinajstić information content (AvgIpc) is 2.90.